The van der Waals surface area contributed by atoms with Gasteiger partial charge in [-0.15, -0.1) is 0 Å². The lowest BCUT2D eigenvalue weighted by atomic mass is 10.4. The molecule has 0 unspecified atom stereocenters. The van der Waals surface area contributed by atoms with E-state index in [1.807, 2.05) is 6.92 Å². The summed E-state index contributed by atoms with van der Waals surface area (Å²) >= 11 is 0. The Hall–Kier alpha value is -0.830. The van der Waals surface area contributed by atoms with Gasteiger partial charge in [0.25, 0.3) is 0 Å². The molecule has 3 heteroatoms. The zero-order chi connectivity index (χ0) is 10.1. The molecule has 1 N–H and O–H groups in total. The van der Waals surface area contributed by atoms with Crippen LogP contribution >= 0.6 is 0 Å². The van der Waals surface area contributed by atoms with Crippen molar-refractivity contribution in [1.82, 2.24) is 10.2 Å². The van der Waals surface area contributed by atoms with Crippen LogP contribution in [0.4, 0.5) is 0 Å². The average Bonchev–Trinajstić information content (AvgIpc) is 2.12. The normalized spacial score (nSPS) is 11.1. The van der Waals surface area contributed by atoms with E-state index in [4.69, 9.17) is 0 Å². The molecule has 0 heterocycles. The van der Waals surface area contributed by atoms with E-state index in [2.05, 4.69) is 24.2 Å². The van der Waals surface area contributed by atoms with Gasteiger partial charge in [-0.3, -0.25) is 4.79 Å². The Bertz CT molecular complexity index is 166. The minimum absolute atomic E-state index is 0.00153. The molecule has 0 aromatic carbocycles. The van der Waals surface area contributed by atoms with E-state index in [0.717, 1.165) is 26.1 Å². The lowest BCUT2D eigenvalue weighted by Gasteiger charge is -2.12. The largest absolute Gasteiger partial charge is 0.353 e. The van der Waals surface area contributed by atoms with Crippen molar-refractivity contribution in [2.24, 2.45) is 0 Å². The number of nitrogens with one attached hydrogen (secondary N) is 1. The molecule has 0 aromatic rings. The van der Waals surface area contributed by atoms with Gasteiger partial charge in [-0.2, -0.15) is 0 Å². The Kier molecular flexibility index (Phi) is 7.30. The summed E-state index contributed by atoms with van der Waals surface area (Å²) in [7, 11) is 2.08. The first kappa shape index (κ1) is 12.2. The maximum Gasteiger partial charge on any atom is 0.243 e. The van der Waals surface area contributed by atoms with Gasteiger partial charge in [0.15, 0.2) is 0 Å². The summed E-state index contributed by atoms with van der Waals surface area (Å²) in [6.45, 7) is 6.81. The molecular formula is C10H20N2O. The first-order valence-electron chi connectivity index (χ1n) is 4.79. The van der Waals surface area contributed by atoms with Gasteiger partial charge in [0, 0.05) is 6.54 Å². The second-order valence-corrected chi connectivity index (χ2v) is 3.04. The second-order valence-electron chi connectivity index (χ2n) is 3.04. The molecule has 0 saturated heterocycles. The fourth-order valence-corrected chi connectivity index (χ4v) is 0.929. The van der Waals surface area contributed by atoms with Gasteiger partial charge in [-0.1, -0.05) is 13.0 Å². The third-order valence-electron chi connectivity index (χ3n) is 1.87. The summed E-state index contributed by atoms with van der Waals surface area (Å²) in [4.78, 5) is 13.2. The molecule has 0 aliphatic heterocycles. The molecule has 0 aliphatic rings. The van der Waals surface area contributed by atoms with E-state index in [9.17, 15) is 4.79 Å². The molecule has 0 rings (SSSR count). The Morgan fingerprint density at radius 3 is 2.77 bits per heavy atom. The van der Waals surface area contributed by atoms with Crippen molar-refractivity contribution in [2.75, 3.05) is 26.7 Å². The highest BCUT2D eigenvalue weighted by Gasteiger charge is 1.95. The van der Waals surface area contributed by atoms with Gasteiger partial charge >= 0.3 is 0 Å². The Morgan fingerprint density at radius 1 is 1.54 bits per heavy atom. The summed E-state index contributed by atoms with van der Waals surface area (Å²) in [6.07, 6.45) is 4.30. The van der Waals surface area contributed by atoms with Crippen LogP contribution in [0, 0.1) is 0 Å². The zero-order valence-electron chi connectivity index (χ0n) is 8.84. The number of amides is 1. The fourth-order valence-electron chi connectivity index (χ4n) is 0.929. The topological polar surface area (TPSA) is 32.3 Å². The number of carbonyl (C=O) groups excluding carboxylic acids is 1. The van der Waals surface area contributed by atoms with Crippen LogP contribution in [0.2, 0.25) is 0 Å². The van der Waals surface area contributed by atoms with Crippen molar-refractivity contribution < 1.29 is 4.79 Å². The number of hydrogen-bond donors (Lipinski definition) is 1. The summed E-state index contributed by atoms with van der Waals surface area (Å²) in [5.74, 6) is 0.00153. The number of hydrogen-bond acceptors (Lipinski definition) is 2. The van der Waals surface area contributed by atoms with Crippen molar-refractivity contribution in [3.63, 3.8) is 0 Å². The third kappa shape index (κ3) is 7.53. The lowest BCUT2D eigenvalue weighted by molar-refractivity contribution is -0.116. The molecule has 0 aromatic heterocycles. The number of rotatable bonds is 6. The van der Waals surface area contributed by atoms with Crippen LogP contribution in [-0.2, 0) is 4.79 Å². The smallest absolute Gasteiger partial charge is 0.243 e. The van der Waals surface area contributed by atoms with Crippen LogP contribution in [0.5, 0.6) is 0 Å². The van der Waals surface area contributed by atoms with E-state index in [-0.39, 0.29) is 5.91 Å². The Labute approximate surface area is 80.8 Å². The van der Waals surface area contributed by atoms with E-state index >= 15 is 0 Å². The lowest BCUT2D eigenvalue weighted by Crippen LogP contribution is -2.26. The van der Waals surface area contributed by atoms with E-state index in [1.54, 1.807) is 12.2 Å². The Balaban J connectivity index is 3.30. The highest BCUT2D eigenvalue weighted by Crippen LogP contribution is 1.84. The van der Waals surface area contributed by atoms with Gasteiger partial charge in [-0.25, -0.2) is 0 Å². The number of nitrogens with zero attached hydrogens (tertiary/aromatic N) is 1. The molecule has 76 valence electrons. The monoisotopic (exact) mass is 184 g/mol. The van der Waals surface area contributed by atoms with Gasteiger partial charge in [0.1, 0.15) is 0 Å². The number of allylic oxidation sites excluding steroid dienone is 1. The van der Waals surface area contributed by atoms with Crippen molar-refractivity contribution in [3.05, 3.63) is 12.2 Å². The number of carbonyl (C=O) groups is 1. The molecule has 0 spiro atoms. The van der Waals surface area contributed by atoms with Gasteiger partial charge < -0.3 is 10.2 Å². The molecule has 0 radical (unpaired) electrons. The molecule has 0 saturated carbocycles. The van der Waals surface area contributed by atoms with Crippen LogP contribution in [0.3, 0.4) is 0 Å². The standard InChI is InChI=1S/C10H20N2O/c1-4-7-10(13)11-8-6-9-12(3)5-2/h4,7H,5-6,8-9H2,1-3H3,(H,11,13). The van der Waals surface area contributed by atoms with Crippen molar-refractivity contribution >= 4 is 5.91 Å². The van der Waals surface area contributed by atoms with Crippen LogP contribution in [0.1, 0.15) is 20.3 Å². The van der Waals surface area contributed by atoms with Crippen LogP contribution in [0.25, 0.3) is 0 Å². The second kappa shape index (κ2) is 7.80. The third-order valence-corrected chi connectivity index (χ3v) is 1.87. The molecular weight excluding hydrogens is 164 g/mol. The first-order chi connectivity index (χ1) is 6.20. The molecule has 0 fully saturated rings. The predicted molar refractivity (Wildman–Crippen MR) is 55.6 cm³/mol. The van der Waals surface area contributed by atoms with Crippen LogP contribution in [0.15, 0.2) is 12.2 Å². The fraction of sp³-hybridized carbons (Fsp3) is 0.700. The van der Waals surface area contributed by atoms with Crippen molar-refractivity contribution in [2.45, 2.75) is 20.3 Å². The zero-order valence-corrected chi connectivity index (χ0v) is 8.84. The van der Waals surface area contributed by atoms with Crippen molar-refractivity contribution in [3.8, 4) is 0 Å². The van der Waals surface area contributed by atoms with Crippen LogP contribution in [-0.4, -0.2) is 37.5 Å². The first-order valence-corrected chi connectivity index (χ1v) is 4.79. The summed E-state index contributed by atoms with van der Waals surface area (Å²) in [5.41, 5.74) is 0. The molecule has 0 atom stereocenters. The highest BCUT2D eigenvalue weighted by molar-refractivity contribution is 5.87. The minimum Gasteiger partial charge on any atom is -0.353 e. The molecule has 13 heavy (non-hydrogen) atoms. The average molecular weight is 184 g/mol. The van der Waals surface area contributed by atoms with Crippen LogP contribution < -0.4 is 5.32 Å². The maximum atomic E-state index is 10.9. The SMILES string of the molecule is CC=CC(=O)NCCCN(C)CC. The van der Waals surface area contributed by atoms with Gasteiger partial charge in [0.05, 0.1) is 0 Å². The Morgan fingerprint density at radius 2 is 2.23 bits per heavy atom. The molecule has 0 aliphatic carbocycles. The predicted octanol–water partition coefficient (Wildman–Crippen LogP) is 1.02. The summed E-state index contributed by atoms with van der Waals surface area (Å²) in [6, 6.07) is 0. The minimum atomic E-state index is 0.00153. The van der Waals surface area contributed by atoms with E-state index in [0.29, 0.717) is 0 Å². The molecule has 0 bridgehead atoms. The van der Waals surface area contributed by atoms with Gasteiger partial charge in [-0.05, 0) is 39.6 Å². The van der Waals surface area contributed by atoms with E-state index in [1.165, 1.54) is 0 Å². The van der Waals surface area contributed by atoms with E-state index < -0.39 is 0 Å². The quantitative estimate of drug-likeness (QED) is 0.494. The molecule has 1 amide bonds. The molecule has 3 nitrogen and oxygen atoms in total. The highest BCUT2D eigenvalue weighted by atomic mass is 16.1. The summed E-state index contributed by atoms with van der Waals surface area (Å²) in [5, 5.41) is 2.81. The van der Waals surface area contributed by atoms with Crippen molar-refractivity contribution in [1.29, 1.82) is 0 Å². The summed E-state index contributed by atoms with van der Waals surface area (Å²) < 4.78 is 0. The maximum absolute atomic E-state index is 10.9. The van der Waals surface area contributed by atoms with Gasteiger partial charge in [0.2, 0.25) is 5.91 Å².